The van der Waals surface area contributed by atoms with E-state index in [-0.39, 0.29) is 0 Å². The predicted molar refractivity (Wildman–Crippen MR) is 83.8 cm³/mol. The van der Waals surface area contributed by atoms with E-state index in [2.05, 4.69) is 32.3 Å². The van der Waals surface area contributed by atoms with Gasteiger partial charge in [0.05, 0.1) is 0 Å². The van der Waals surface area contributed by atoms with Gasteiger partial charge in [-0.3, -0.25) is 0 Å². The number of anilines is 1. The van der Waals surface area contributed by atoms with Gasteiger partial charge in [0, 0.05) is 24.7 Å². The third kappa shape index (κ3) is 3.53. The molecule has 1 saturated carbocycles. The molecule has 6 nitrogen and oxygen atoms in total. The summed E-state index contributed by atoms with van der Waals surface area (Å²) in [6.07, 6.45) is 8.68. The number of hydrogen-bond donors (Lipinski definition) is 1. The number of rotatable bonds is 4. The van der Waals surface area contributed by atoms with Crippen LogP contribution in [0.5, 0.6) is 0 Å². The molecule has 21 heavy (non-hydrogen) atoms. The van der Waals surface area contributed by atoms with E-state index in [1.54, 1.807) is 22.6 Å². The van der Waals surface area contributed by atoms with Crippen molar-refractivity contribution in [3.8, 4) is 5.95 Å². The monoisotopic (exact) mass is 304 g/mol. The highest BCUT2D eigenvalue weighted by Crippen LogP contribution is 2.34. The van der Waals surface area contributed by atoms with Crippen molar-refractivity contribution >= 4 is 17.7 Å². The Balaban J connectivity index is 1.82. The molecule has 0 radical (unpaired) electrons. The predicted octanol–water partition coefficient (Wildman–Crippen LogP) is 2.77. The van der Waals surface area contributed by atoms with Crippen LogP contribution in [0.1, 0.15) is 32.6 Å². The third-order valence-corrected chi connectivity index (χ3v) is 4.85. The zero-order valence-corrected chi connectivity index (χ0v) is 13.2. The van der Waals surface area contributed by atoms with Crippen LogP contribution in [0, 0.1) is 5.92 Å². The van der Waals surface area contributed by atoms with E-state index in [1.165, 1.54) is 25.7 Å². The van der Waals surface area contributed by atoms with Crippen molar-refractivity contribution < 1.29 is 0 Å². The summed E-state index contributed by atoms with van der Waals surface area (Å²) in [5.41, 5.74) is 0. The van der Waals surface area contributed by atoms with Gasteiger partial charge < -0.3 is 5.32 Å². The Hall–Kier alpha value is -1.63. The highest BCUT2D eigenvalue weighted by molar-refractivity contribution is 7.99. The first kappa shape index (κ1) is 14.3. The Labute approximate surface area is 128 Å². The maximum absolute atomic E-state index is 4.54. The van der Waals surface area contributed by atoms with Gasteiger partial charge in [0.25, 0.3) is 5.95 Å². The van der Waals surface area contributed by atoms with Crippen LogP contribution in [0.3, 0.4) is 0 Å². The van der Waals surface area contributed by atoms with Crippen LogP contribution in [0.2, 0.25) is 0 Å². The van der Waals surface area contributed by atoms with E-state index in [1.807, 2.05) is 19.3 Å². The first-order valence-electron chi connectivity index (χ1n) is 7.35. The van der Waals surface area contributed by atoms with Gasteiger partial charge in [-0.15, -0.1) is 0 Å². The molecule has 2 aromatic heterocycles. The molecule has 1 fully saturated rings. The molecule has 0 aliphatic heterocycles. The number of aromatic nitrogens is 5. The number of hydrogen-bond acceptors (Lipinski definition) is 6. The second kappa shape index (κ2) is 6.43. The van der Waals surface area contributed by atoms with E-state index >= 15 is 0 Å². The summed E-state index contributed by atoms with van der Waals surface area (Å²) < 4.78 is 1.66. The Kier molecular flexibility index (Phi) is 4.38. The Bertz CT molecular complexity index is 585. The third-order valence-electron chi connectivity index (χ3n) is 3.70. The highest BCUT2D eigenvalue weighted by Gasteiger charge is 2.21. The minimum Gasteiger partial charge on any atom is -0.357 e. The molecule has 3 rings (SSSR count). The minimum atomic E-state index is 0.561. The first-order chi connectivity index (χ1) is 10.2. The van der Waals surface area contributed by atoms with Gasteiger partial charge in [0.2, 0.25) is 5.95 Å². The van der Waals surface area contributed by atoms with E-state index in [4.69, 9.17) is 0 Å². The maximum Gasteiger partial charge on any atom is 0.256 e. The molecule has 7 heteroatoms. The Morgan fingerprint density at radius 3 is 2.90 bits per heavy atom. The molecular weight excluding hydrogens is 284 g/mol. The summed E-state index contributed by atoms with van der Waals surface area (Å²) >= 11 is 1.77. The van der Waals surface area contributed by atoms with Crippen LogP contribution in [-0.2, 0) is 0 Å². The second-order valence-electron chi connectivity index (χ2n) is 5.45. The molecule has 1 N–H and O–H groups in total. The quantitative estimate of drug-likeness (QED) is 0.936. The SMILES string of the molecule is CNc1nc(SC2CCCC(C)C2)nc(-n2cccn2)n1. The van der Waals surface area contributed by atoms with Gasteiger partial charge in [-0.05, 0) is 24.8 Å². The van der Waals surface area contributed by atoms with Gasteiger partial charge in [-0.2, -0.15) is 20.1 Å². The van der Waals surface area contributed by atoms with Crippen LogP contribution < -0.4 is 5.32 Å². The van der Waals surface area contributed by atoms with Crippen LogP contribution in [0.4, 0.5) is 5.95 Å². The summed E-state index contributed by atoms with van der Waals surface area (Å²) in [4.78, 5) is 13.4. The van der Waals surface area contributed by atoms with Gasteiger partial charge in [-0.1, -0.05) is 31.5 Å². The molecular formula is C14H20N6S. The number of nitrogens with one attached hydrogen (secondary N) is 1. The lowest BCUT2D eigenvalue weighted by Gasteiger charge is -2.25. The van der Waals surface area contributed by atoms with Gasteiger partial charge in [0.1, 0.15) is 0 Å². The molecule has 1 aliphatic carbocycles. The molecule has 2 unspecified atom stereocenters. The van der Waals surface area contributed by atoms with Crippen LogP contribution >= 0.6 is 11.8 Å². The number of thioether (sulfide) groups is 1. The average molecular weight is 304 g/mol. The van der Waals surface area contributed by atoms with Gasteiger partial charge in [0.15, 0.2) is 5.16 Å². The maximum atomic E-state index is 4.54. The molecule has 0 saturated heterocycles. The fraction of sp³-hybridized carbons (Fsp3) is 0.571. The molecule has 0 spiro atoms. The van der Waals surface area contributed by atoms with E-state index in [0.29, 0.717) is 17.1 Å². The van der Waals surface area contributed by atoms with Crippen molar-refractivity contribution in [2.24, 2.45) is 5.92 Å². The van der Waals surface area contributed by atoms with E-state index < -0.39 is 0 Å². The molecule has 2 heterocycles. The van der Waals surface area contributed by atoms with Crippen molar-refractivity contribution in [3.05, 3.63) is 18.5 Å². The lowest BCUT2D eigenvalue weighted by atomic mass is 9.91. The molecule has 2 aromatic rings. The fourth-order valence-corrected chi connectivity index (χ4v) is 3.92. The molecule has 0 amide bonds. The topological polar surface area (TPSA) is 68.5 Å². The molecule has 0 bridgehead atoms. The average Bonchev–Trinajstić information content (AvgIpc) is 3.01. The largest absolute Gasteiger partial charge is 0.357 e. The Morgan fingerprint density at radius 2 is 2.19 bits per heavy atom. The van der Waals surface area contributed by atoms with Crippen molar-refractivity contribution in [2.45, 2.75) is 43.0 Å². The minimum absolute atomic E-state index is 0.561. The second-order valence-corrected chi connectivity index (χ2v) is 6.72. The van der Waals surface area contributed by atoms with E-state index in [9.17, 15) is 0 Å². The van der Waals surface area contributed by atoms with Crippen molar-refractivity contribution in [1.29, 1.82) is 0 Å². The fourth-order valence-electron chi connectivity index (χ4n) is 2.63. The number of nitrogens with zero attached hydrogens (tertiary/aromatic N) is 5. The molecule has 1 aliphatic rings. The van der Waals surface area contributed by atoms with Gasteiger partial charge >= 0.3 is 0 Å². The zero-order chi connectivity index (χ0) is 14.7. The summed E-state index contributed by atoms with van der Waals surface area (Å²) in [6, 6.07) is 1.86. The summed E-state index contributed by atoms with van der Waals surface area (Å²) in [6.45, 7) is 2.33. The molecule has 0 aromatic carbocycles. The van der Waals surface area contributed by atoms with Crippen LogP contribution in [-0.4, -0.2) is 37.0 Å². The molecule has 2 atom stereocenters. The smallest absolute Gasteiger partial charge is 0.256 e. The van der Waals surface area contributed by atoms with Crippen LogP contribution in [0.25, 0.3) is 5.95 Å². The van der Waals surface area contributed by atoms with Crippen molar-refractivity contribution in [1.82, 2.24) is 24.7 Å². The zero-order valence-electron chi connectivity index (χ0n) is 12.4. The summed E-state index contributed by atoms with van der Waals surface area (Å²) in [5, 5.41) is 8.57. The standard InChI is InChI=1S/C14H20N6S/c1-10-5-3-6-11(9-10)21-14-18-12(15-2)17-13(19-14)20-8-4-7-16-20/h4,7-8,10-11H,3,5-6,9H2,1-2H3,(H,15,17,18,19). The van der Waals surface area contributed by atoms with Crippen molar-refractivity contribution in [2.75, 3.05) is 12.4 Å². The van der Waals surface area contributed by atoms with Crippen LogP contribution in [0.15, 0.2) is 23.6 Å². The normalized spacial score (nSPS) is 22.2. The molecule has 112 valence electrons. The Morgan fingerprint density at radius 1 is 1.29 bits per heavy atom. The lowest BCUT2D eigenvalue weighted by molar-refractivity contribution is 0.394. The lowest BCUT2D eigenvalue weighted by Crippen LogP contribution is -2.16. The first-order valence-corrected chi connectivity index (χ1v) is 8.23. The van der Waals surface area contributed by atoms with E-state index in [0.717, 1.165) is 11.1 Å². The summed E-state index contributed by atoms with van der Waals surface area (Å²) in [5.74, 6) is 1.94. The van der Waals surface area contributed by atoms with Gasteiger partial charge in [-0.25, -0.2) is 4.68 Å². The summed E-state index contributed by atoms with van der Waals surface area (Å²) in [7, 11) is 1.82. The highest BCUT2D eigenvalue weighted by atomic mass is 32.2. The van der Waals surface area contributed by atoms with Crippen molar-refractivity contribution in [3.63, 3.8) is 0 Å².